The summed E-state index contributed by atoms with van der Waals surface area (Å²) in [4.78, 5) is 17.8. The van der Waals surface area contributed by atoms with Gasteiger partial charge >= 0.3 is 0 Å². The molecule has 82 valence electrons. The molecule has 4 heteroatoms. The van der Waals surface area contributed by atoms with Gasteiger partial charge in [-0.1, -0.05) is 0 Å². The van der Waals surface area contributed by atoms with Gasteiger partial charge in [-0.3, -0.25) is 9.78 Å². The molecule has 15 heavy (non-hydrogen) atoms. The molecule has 1 rings (SSSR count). The fourth-order valence-electron chi connectivity index (χ4n) is 1.46. The van der Waals surface area contributed by atoms with Crippen molar-refractivity contribution in [1.29, 1.82) is 0 Å². The molecule has 0 unspecified atom stereocenters. The Morgan fingerprint density at radius 3 is 2.67 bits per heavy atom. The van der Waals surface area contributed by atoms with Crippen LogP contribution < -0.4 is 5.32 Å². The zero-order chi connectivity index (χ0) is 11.3. The number of amides is 1. The maximum absolute atomic E-state index is 12.0. The molecular weight excluding hydrogens is 190 g/mol. The van der Waals surface area contributed by atoms with Crippen molar-refractivity contribution >= 4 is 11.6 Å². The molecule has 0 aliphatic rings. The predicted molar refractivity (Wildman–Crippen MR) is 61.0 cm³/mol. The van der Waals surface area contributed by atoms with Crippen LogP contribution in [0.3, 0.4) is 0 Å². The third kappa shape index (κ3) is 2.46. The van der Waals surface area contributed by atoms with Crippen LogP contribution in [0.2, 0.25) is 0 Å². The lowest BCUT2D eigenvalue weighted by atomic mass is 10.2. The highest BCUT2D eigenvalue weighted by Gasteiger charge is 2.15. The molecule has 1 aromatic rings. The maximum Gasteiger partial charge on any atom is 0.256 e. The van der Waals surface area contributed by atoms with Crippen LogP contribution in [0.4, 0.5) is 5.69 Å². The van der Waals surface area contributed by atoms with Crippen molar-refractivity contribution in [3.05, 3.63) is 24.0 Å². The molecule has 0 bridgehead atoms. The van der Waals surface area contributed by atoms with Crippen LogP contribution in [0.15, 0.2) is 18.5 Å². The van der Waals surface area contributed by atoms with Gasteiger partial charge in [0.05, 0.1) is 17.4 Å². The molecule has 0 spiro atoms. The maximum atomic E-state index is 12.0. The van der Waals surface area contributed by atoms with Gasteiger partial charge in [-0.15, -0.1) is 0 Å². The van der Waals surface area contributed by atoms with Crippen molar-refractivity contribution in [1.82, 2.24) is 9.88 Å². The molecule has 1 aromatic heterocycles. The number of carbonyl (C=O) groups excluding carboxylic acids is 1. The summed E-state index contributed by atoms with van der Waals surface area (Å²) in [7, 11) is 1.79. The summed E-state index contributed by atoms with van der Waals surface area (Å²) in [5.74, 6) is 0.0479. The van der Waals surface area contributed by atoms with E-state index in [0.717, 1.165) is 18.8 Å². The van der Waals surface area contributed by atoms with Gasteiger partial charge in [0.1, 0.15) is 0 Å². The molecule has 0 aliphatic heterocycles. The number of hydrogen-bond donors (Lipinski definition) is 1. The van der Waals surface area contributed by atoms with Gasteiger partial charge < -0.3 is 10.2 Å². The van der Waals surface area contributed by atoms with Crippen LogP contribution in [0.25, 0.3) is 0 Å². The lowest BCUT2D eigenvalue weighted by Gasteiger charge is -2.19. The van der Waals surface area contributed by atoms with E-state index in [1.807, 2.05) is 13.8 Å². The summed E-state index contributed by atoms with van der Waals surface area (Å²) in [5, 5.41) is 2.97. The molecule has 0 atom stereocenters. The van der Waals surface area contributed by atoms with E-state index in [1.54, 1.807) is 30.4 Å². The molecular formula is C11H17N3O. The normalized spacial score (nSPS) is 9.80. The second kappa shape index (κ2) is 5.34. The number of rotatable bonds is 4. The second-order valence-electron chi connectivity index (χ2n) is 3.15. The van der Waals surface area contributed by atoms with E-state index in [-0.39, 0.29) is 5.91 Å². The fraction of sp³-hybridized carbons (Fsp3) is 0.455. The number of nitrogens with zero attached hydrogens (tertiary/aromatic N) is 2. The Labute approximate surface area is 90.3 Å². The number of anilines is 1. The third-order valence-electron chi connectivity index (χ3n) is 2.37. The van der Waals surface area contributed by atoms with Crippen LogP contribution in [0.1, 0.15) is 24.2 Å². The Kier molecular flexibility index (Phi) is 4.09. The molecule has 0 saturated heterocycles. The van der Waals surface area contributed by atoms with Crippen LogP contribution in [0.5, 0.6) is 0 Å². The van der Waals surface area contributed by atoms with E-state index >= 15 is 0 Å². The van der Waals surface area contributed by atoms with Crippen LogP contribution >= 0.6 is 0 Å². The average Bonchev–Trinajstić information content (AvgIpc) is 2.30. The van der Waals surface area contributed by atoms with Crippen LogP contribution in [-0.4, -0.2) is 35.9 Å². The first-order valence-electron chi connectivity index (χ1n) is 5.15. The number of hydrogen-bond acceptors (Lipinski definition) is 3. The Morgan fingerprint density at radius 2 is 2.13 bits per heavy atom. The first-order valence-corrected chi connectivity index (χ1v) is 5.15. The summed E-state index contributed by atoms with van der Waals surface area (Å²) in [6, 6.07) is 1.74. The summed E-state index contributed by atoms with van der Waals surface area (Å²) in [6.07, 6.45) is 3.30. The van der Waals surface area contributed by atoms with Crippen molar-refractivity contribution in [2.24, 2.45) is 0 Å². The number of pyridine rings is 1. The number of aromatic nitrogens is 1. The van der Waals surface area contributed by atoms with Gasteiger partial charge in [0.25, 0.3) is 5.91 Å². The lowest BCUT2D eigenvalue weighted by Crippen LogP contribution is -2.31. The molecule has 1 amide bonds. The first kappa shape index (κ1) is 11.5. The van der Waals surface area contributed by atoms with Gasteiger partial charge in [-0.2, -0.15) is 0 Å². The van der Waals surface area contributed by atoms with E-state index in [9.17, 15) is 4.79 Å². The van der Waals surface area contributed by atoms with E-state index in [0.29, 0.717) is 5.56 Å². The number of carbonyl (C=O) groups is 1. The van der Waals surface area contributed by atoms with Gasteiger partial charge in [0, 0.05) is 26.3 Å². The molecule has 0 radical (unpaired) electrons. The molecule has 0 aliphatic carbocycles. The second-order valence-corrected chi connectivity index (χ2v) is 3.15. The summed E-state index contributed by atoms with van der Waals surface area (Å²) in [6.45, 7) is 5.39. The van der Waals surface area contributed by atoms with Crippen molar-refractivity contribution in [2.75, 3.05) is 25.5 Å². The molecule has 0 saturated carbocycles. The Bertz CT molecular complexity index is 334. The summed E-state index contributed by atoms with van der Waals surface area (Å²) < 4.78 is 0. The van der Waals surface area contributed by atoms with Crippen molar-refractivity contribution in [3.63, 3.8) is 0 Å². The SMILES string of the molecule is CCN(CC)C(=O)c1ccncc1NC. The minimum absolute atomic E-state index is 0.0479. The Hall–Kier alpha value is -1.58. The van der Waals surface area contributed by atoms with Gasteiger partial charge in [0.15, 0.2) is 0 Å². The standard InChI is InChI=1S/C11H17N3O/c1-4-14(5-2)11(15)9-6-7-13-8-10(9)12-3/h6-8,12H,4-5H2,1-3H3. The molecule has 0 aromatic carbocycles. The number of nitrogens with one attached hydrogen (secondary N) is 1. The predicted octanol–water partition coefficient (Wildman–Crippen LogP) is 1.61. The summed E-state index contributed by atoms with van der Waals surface area (Å²) >= 11 is 0. The Morgan fingerprint density at radius 1 is 1.47 bits per heavy atom. The lowest BCUT2D eigenvalue weighted by molar-refractivity contribution is 0.0774. The van der Waals surface area contributed by atoms with E-state index in [1.165, 1.54) is 0 Å². The van der Waals surface area contributed by atoms with E-state index < -0.39 is 0 Å². The molecule has 1 N–H and O–H groups in total. The fourth-order valence-corrected chi connectivity index (χ4v) is 1.46. The van der Waals surface area contributed by atoms with Gasteiger partial charge in [0.2, 0.25) is 0 Å². The first-order chi connectivity index (χ1) is 7.24. The van der Waals surface area contributed by atoms with Gasteiger partial charge in [-0.25, -0.2) is 0 Å². The van der Waals surface area contributed by atoms with Crippen LogP contribution in [-0.2, 0) is 0 Å². The van der Waals surface area contributed by atoms with E-state index in [4.69, 9.17) is 0 Å². The zero-order valence-corrected chi connectivity index (χ0v) is 9.45. The monoisotopic (exact) mass is 207 g/mol. The van der Waals surface area contributed by atoms with Crippen molar-refractivity contribution in [2.45, 2.75) is 13.8 Å². The highest BCUT2D eigenvalue weighted by Crippen LogP contribution is 2.14. The Balaban J connectivity index is 2.99. The smallest absolute Gasteiger partial charge is 0.256 e. The minimum atomic E-state index is 0.0479. The average molecular weight is 207 g/mol. The highest BCUT2D eigenvalue weighted by atomic mass is 16.2. The van der Waals surface area contributed by atoms with Crippen LogP contribution in [0, 0.1) is 0 Å². The topological polar surface area (TPSA) is 45.2 Å². The van der Waals surface area contributed by atoms with Gasteiger partial charge in [-0.05, 0) is 19.9 Å². The third-order valence-corrected chi connectivity index (χ3v) is 2.37. The zero-order valence-electron chi connectivity index (χ0n) is 9.45. The van der Waals surface area contributed by atoms with E-state index in [2.05, 4.69) is 10.3 Å². The minimum Gasteiger partial charge on any atom is -0.386 e. The summed E-state index contributed by atoms with van der Waals surface area (Å²) in [5.41, 5.74) is 1.45. The quantitative estimate of drug-likeness (QED) is 0.815. The highest BCUT2D eigenvalue weighted by molar-refractivity contribution is 5.99. The van der Waals surface area contributed by atoms with Crippen molar-refractivity contribution < 1.29 is 4.79 Å². The largest absolute Gasteiger partial charge is 0.386 e. The van der Waals surface area contributed by atoms with Crippen molar-refractivity contribution in [3.8, 4) is 0 Å². The molecule has 0 fully saturated rings. The molecule has 1 heterocycles. The molecule has 4 nitrogen and oxygen atoms in total.